The van der Waals surface area contributed by atoms with Crippen LogP contribution in [0.2, 0.25) is 0 Å². The standard InChI is InChI=1S/C13H19NO6/c1-2-19-11(15)7-14(8-3-4-8)12(16)9-5-6-10(20-9)13(17)18/h8-10H,2-7H2,1H3,(H,17,18). The summed E-state index contributed by atoms with van der Waals surface area (Å²) in [7, 11) is 0. The van der Waals surface area contributed by atoms with Gasteiger partial charge < -0.3 is 19.5 Å². The largest absolute Gasteiger partial charge is 0.479 e. The van der Waals surface area contributed by atoms with Gasteiger partial charge in [0.05, 0.1) is 6.61 Å². The number of carbonyl (C=O) groups is 3. The van der Waals surface area contributed by atoms with Crippen LogP contribution < -0.4 is 0 Å². The minimum atomic E-state index is -1.05. The van der Waals surface area contributed by atoms with Gasteiger partial charge in [0.1, 0.15) is 12.6 Å². The fourth-order valence-electron chi connectivity index (χ4n) is 2.30. The van der Waals surface area contributed by atoms with Gasteiger partial charge in [0.2, 0.25) is 0 Å². The zero-order valence-corrected chi connectivity index (χ0v) is 11.4. The molecule has 0 radical (unpaired) electrons. The van der Waals surface area contributed by atoms with Gasteiger partial charge in [0, 0.05) is 6.04 Å². The van der Waals surface area contributed by atoms with Crippen molar-refractivity contribution in [2.24, 2.45) is 0 Å². The van der Waals surface area contributed by atoms with Gasteiger partial charge in [-0.25, -0.2) is 4.79 Å². The summed E-state index contributed by atoms with van der Waals surface area (Å²) in [5, 5.41) is 8.86. The van der Waals surface area contributed by atoms with Crippen molar-refractivity contribution in [3.63, 3.8) is 0 Å². The fraction of sp³-hybridized carbons (Fsp3) is 0.769. The first-order chi connectivity index (χ1) is 9.52. The number of hydrogen-bond donors (Lipinski definition) is 1. The summed E-state index contributed by atoms with van der Waals surface area (Å²) in [5.74, 6) is -1.80. The highest BCUT2D eigenvalue weighted by Crippen LogP contribution is 2.30. The van der Waals surface area contributed by atoms with Crippen molar-refractivity contribution in [3.05, 3.63) is 0 Å². The number of ether oxygens (including phenoxy) is 2. The first-order valence-electron chi connectivity index (χ1n) is 6.87. The van der Waals surface area contributed by atoms with E-state index in [1.165, 1.54) is 4.90 Å². The van der Waals surface area contributed by atoms with Crippen LogP contribution in [-0.2, 0) is 23.9 Å². The molecule has 1 aliphatic heterocycles. The number of amides is 1. The molecule has 1 heterocycles. The SMILES string of the molecule is CCOC(=O)CN(C(=O)C1CCC(C(=O)O)O1)C1CC1. The topological polar surface area (TPSA) is 93.1 Å². The van der Waals surface area contributed by atoms with Crippen LogP contribution in [0.5, 0.6) is 0 Å². The quantitative estimate of drug-likeness (QED) is 0.699. The molecule has 1 N–H and O–H groups in total. The minimum Gasteiger partial charge on any atom is -0.479 e. The number of rotatable bonds is 6. The lowest BCUT2D eigenvalue weighted by molar-refractivity contribution is -0.158. The lowest BCUT2D eigenvalue weighted by Crippen LogP contribution is -2.44. The number of esters is 1. The van der Waals surface area contributed by atoms with Crippen molar-refractivity contribution in [3.8, 4) is 0 Å². The number of hydrogen-bond acceptors (Lipinski definition) is 5. The molecule has 1 aliphatic carbocycles. The Morgan fingerprint density at radius 1 is 1.20 bits per heavy atom. The highest BCUT2D eigenvalue weighted by molar-refractivity contribution is 5.86. The number of carboxylic acid groups (broad SMARTS) is 1. The van der Waals surface area contributed by atoms with E-state index < -0.39 is 24.1 Å². The third-order valence-electron chi connectivity index (χ3n) is 3.45. The Bertz CT molecular complexity index is 406. The molecule has 7 nitrogen and oxygen atoms in total. The Balaban J connectivity index is 1.94. The summed E-state index contributed by atoms with van der Waals surface area (Å²) in [6.07, 6.45) is 0.741. The number of nitrogens with zero attached hydrogens (tertiary/aromatic N) is 1. The van der Waals surface area contributed by atoms with Crippen LogP contribution in [-0.4, -0.2) is 59.3 Å². The predicted octanol–water partition coefficient (Wildman–Crippen LogP) is 0.173. The van der Waals surface area contributed by atoms with Crippen LogP contribution in [0.3, 0.4) is 0 Å². The maximum Gasteiger partial charge on any atom is 0.332 e. The average molecular weight is 285 g/mol. The minimum absolute atomic E-state index is 0.0550. The van der Waals surface area contributed by atoms with Gasteiger partial charge in [-0.05, 0) is 32.6 Å². The lowest BCUT2D eigenvalue weighted by Gasteiger charge is -2.24. The van der Waals surface area contributed by atoms with E-state index in [0.29, 0.717) is 12.8 Å². The van der Waals surface area contributed by atoms with Crippen molar-refractivity contribution in [1.82, 2.24) is 4.90 Å². The van der Waals surface area contributed by atoms with E-state index in [0.717, 1.165) is 12.8 Å². The van der Waals surface area contributed by atoms with E-state index >= 15 is 0 Å². The van der Waals surface area contributed by atoms with Crippen LogP contribution in [0.25, 0.3) is 0 Å². The third kappa shape index (κ3) is 3.47. The molecule has 0 spiro atoms. The first-order valence-corrected chi connectivity index (χ1v) is 6.87. The van der Waals surface area contributed by atoms with Crippen molar-refractivity contribution in [1.29, 1.82) is 0 Å². The molecular formula is C13H19NO6. The van der Waals surface area contributed by atoms with Gasteiger partial charge in [-0.15, -0.1) is 0 Å². The summed E-state index contributed by atoms with van der Waals surface area (Å²) in [6.45, 7) is 1.89. The second-order valence-electron chi connectivity index (χ2n) is 5.03. The molecule has 1 saturated heterocycles. The molecule has 2 fully saturated rings. The van der Waals surface area contributed by atoms with Crippen molar-refractivity contribution in [2.75, 3.05) is 13.2 Å². The molecule has 2 aliphatic rings. The van der Waals surface area contributed by atoms with E-state index in [4.69, 9.17) is 14.6 Å². The second-order valence-corrected chi connectivity index (χ2v) is 5.03. The van der Waals surface area contributed by atoms with Gasteiger partial charge in [-0.3, -0.25) is 9.59 Å². The monoisotopic (exact) mass is 285 g/mol. The van der Waals surface area contributed by atoms with Crippen molar-refractivity contribution in [2.45, 2.75) is 50.9 Å². The summed E-state index contributed by atoms with van der Waals surface area (Å²) in [4.78, 5) is 36.2. The molecule has 1 saturated carbocycles. The van der Waals surface area contributed by atoms with Crippen LogP contribution >= 0.6 is 0 Å². The van der Waals surface area contributed by atoms with Gasteiger partial charge in [0.25, 0.3) is 5.91 Å². The van der Waals surface area contributed by atoms with E-state index in [1.807, 2.05) is 0 Å². The fourth-order valence-corrected chi connectivity index (χ4v) is 2.30. The Labute approximate surface area is 116 Å². The second kappa shape index (κ2) is 6.21. The number of carboxylic acids is 1. The Hall–Kier alpha value is -1.63. The highest BCUT2D eigenvalue weighted by atomic mass is 16.5. The van der Waals surface area contributed by atoms with Crippen molar-refractivity contribution >= 4 is 17.8 Å². The predicted molar refractivity (Wildman–Crippen MR) is 66.9 cm³/mol. The molecule has 112 valence electrons. The van der Waals surface area contributed by atoms with Crippen LogP contribution in [0, 0.1) is 0 Å². The molecule has 0 aromatic carbocycles. The summed E-state index contributed by atoms with van der Waals surface area (Å²) in [6, 6.07) is 0.0550. The van der Waals surface area contributed by atoms with Gasteiger partial charge in [-0.2, -0.15) is 0 Å². The maximum atomic E-state index is 12.3. The maximum absolute atomic E-state index is 12.3. The normalized spacial score (nSPS) is 25.2. The van der Waals surface area contributed by atoms with Crippen molar-refractivity contribution < 1.29 is 29.0 Å². The lowest BCUT2D eigenvalue weighted by atomic mass is 10.2. The number of aliphatic carboxylic acids is 1. The Morgan fingerprint density at radius 3 is 2.35 bits per heavy atom. The van der Waals surface area contributed by atoms with Crippen LogP contribution in [0.4, 0.5) is 0 Å². The zero-order chi connectivity index (χ0) is 14.7. The molecule has 0 bridgehead atoms. The van der Waals surface area contributed by atoms with E-state index in [9.17, 15) is 14.4 Å². The Kier molecular flexibility index (Phi) is 4.59. The summed E-state index contributed by atoms with van der Waals surface area (Å²) < 4.78 is 10.1. The zero-order valence-electron chi connectivity index (χ0n) is 11.4. The smallest absolute Gasteiger partial charge is 0.332 e. The molecule has 20 heavy (non-hydrogen) atoms. The highest BCUT2D eigenvalue weighted by Gasteiger charge is 2.41. The molecule has 2 rings (SSSR count). The average Bonchev–Trinajstić information content (AvgIpc) is 3.11. The van der Waals surface area contributed by atoms with Gasteiger partial charge >= 0.3 is 11.9 Å². The molecule has 2 unspecified atom stereocenters. The van der Waals surface area contributed by atoms with E-state index in [-0.39, 0.29) is 25.1 Å². The Morgan fingerprint density at radius 2 is 1.85 bits per heavy atom. The molecular weight excluding hydrogens is 266 g/mol. The van der Waals surface area contributed by atoms with Crippen LogP contribution in [0.1, 0.15) is 32.6 Å². The molecule has 1 amide bonds. The number of carbonyl (C=O) groups excluding carboxylic acids is 2. The van der Waals surface area contributed by atoms with Gasteiger partial charge in [-0.1, -0.05) is 0 Å². The molecule has 2 atom stereocenters. The van der Waals surface area contributed by atoms with E-state index in [1.54, 1.807) is 6.92 Å². The van der Waals surface area contributed by atoms with Gasteiger partial charge in [0.15, 0.2) is 6.10 Å². The summed E-state index contributed by atoms with van der Waals surface area (Å²) in [5.41, 5.74) is 0. The third-order valence-corrected chi connectivity index (χ3v) is 3.45. The van der Waals surface area contributed by atoms with Crippen LogP contribution in [0.15, 0.2) is 0 Å². The molecule has 0 aromatic rings. The molecule has 7 heteroatoms. The van der Waals surface area contributed by atoms with E-state index in [2.05, 4.69) is 0 Å². The molecule has 0 aromatic heterocycles. The first kappa shape index (κ1) is 14.8. The summed E-state index contributed by atoms with van der Waals surface area (Å²) >= 11 is 0.